The van der Waals surface area contributed by atoms with Crippen molar-refractivity contribution in [1.29, 1.82) is 0 Å². The van der Waals surface area contributed by atoms with Gasteiger partial charge >= 0.3 is 0 Å². The topological polar surface area (TPSA) is 70.5 Å². The molecule has 2 rings (SSSR count). The van der Waals surface area contributed by atoms with E-state index in [1.54, 1.807) is 20.3 Å². The molecule has 0 amide bonds. The first kappa shape index (κ1) is 12.8. The van der Waals surface area contributed by atoms with Crippen molar-refractivity contribution in [3.63, 3.8) is 0 Å². The van der Waals surface area contributed by atoms with Crippen LogP contribution in [0.2, 0.25) is 0 Å². The highest BCUT2D eigenvalue weighted by molar-refractivity contribution is 9.10. The van der Waals surface area contributed by atoms with Gasteiger partial charge in [0, 0.05) is 6.07 Å². The second-order valence-corrected chi connectivity index (χ2v) is 4.53. The Morgan fingerprint density at radius 1 is 1.28 bits per heavy atom. The number of aromatic nitrogens is 1. The number of nitrogen functional groups attached to an aromatic ring is 1. The van der Waals surface area contributed by atoms with Crippen LogP contribution in [0.15, 0.2) is 21.1 Å². The number of aryl methyl sites for hydroxylation is 1. The molecule has 0 aliphatic rings. The summed E-state index contributed by atoms with van der Waals surface area (Å²) in [6.07, 6.45) is 0. The zero-order chi connectivity index (χ0) is 13.3. The summed E-state index contributed by atoms with van der Waals surface area (Å²) in [7, 11) is 3.20. The molecule has 0 bridgehead atoms. The molecule has 2 aromatic rings. The lowest BCUT2D eigenvalue weighted by Crippen LogP contribution is -1.95. The van der Waals surface area contributed by atoms with E-state index < -0.39 is 0 Å². The van der Waals surface area contributed by atoms with E-state index in [0.29, 0.717) is 17.3 Å². The molecular formula is C12H13BrN2O3. The fraction of sp³-hybridized carbons (Fsp3) is 0.250. The number of nitrogens with zero attached hydrogens (tertiary/aromatic N) is 1. The molecule has 0 saturated carbocycles. The maximum absolute atomic E-state index is 5.57. The Kier molecular flexibility index (Phi) is 3.47. The fourth-order valence-electron chi connectivity index (χ4n) is 1.78. The molecule has 0 unspecified atom stereocenters. The van der Waals surface area contributed by atoms with Gasteiger partial charge in [0.25, 0.3) is 0 Å². The van der Waals surface area contributed by atoms with E-state index in [1.165, 1.54) is 0 Å². The van der Waals surface area contributed by atoms with Crippen molar-refractivity contribution in [2.75, 3.05) is 20.0 Å². The summed E-state index contributed by atoms with van der Waals surface area (Å²) < 4.78 is 16.6. The number of anilines is 1. The highest BCUT2D eigenvalue weighted by atomic mass is 79.9. The summed E-state index contributed by atoms with van der Waals surface area (Å²) in [6.45, 7) is 1.94. The van der Waals surface area contributed by atoms with Gasteiger partial charge in [0.1, 0.15) is 11.5 Å². The average molecular weight is 313 g/mol. The van der Waals surface area contributed by atoms with Crippen molar-refractivity contribution < 1.29 is 14.0 Å². The van der Waals surface area contributed by atoms with Gasteiger partial charge in [-0.1, -0.05) is 5.16 Å². The van der Waals surface area contributed by atoms with E-state index in [-0.39, 0.29) is 0 Å². The van der Waals surface area contributed by atoms with Gasteiger partial charge in [-0.3, -0.25) is 0 Å². The Hall–Kier alpha value is -1.69. The number of ether oxygens (including phenoxy) is 2. The smallest absolute Gasteiger partial charge is 0.174 e. The molecule has 18 heavy (non-hydrogen) atoms. The SMILES string of the molecule is COc1cc(C)c(OC)c(Br)c1-c1cc(N)no1. The molecular weight excluding hydrogens is 300 g/mol. The lowest BCUT2D eigenvalue weighted by molar-refractivity contribution is 0.394. The quantitative estimate of drug-likeness (QED) is 0.943. The third-order valence-electron chi connectivity index (χ3n) is 2.57. The lowest BCUT2D eigenvalue weighted by atomic mass is 10.1. The maximum Gasteiger partial charge on any atom is 0.174 e. The van der Waals surface area contributed by atoms with E-state index >= 15 is 0 Å². The number of hydrogen-bond donors (Lipinski definition) is 1. The van der Waals surface area contributed by atoms with Gasteiger partial charge in [-0.2, -0.15) is 0 Å². The third kappa shape index (κ3) is 2.03. The number of halogens is 1. The van der Waals surface area contributed by atoms with Crippen LogP contribution >= 0.6 is 15.9 Å². The Labute approximate surface area is 113 Å². The molecule has 0 saturated heterocycles. The number of benzene rings is 1. The first-order valence-electron chi connectivity index (χ1n) is 5.22. The largest absolute Gasteiger partial charge is 0.496 e. The molecule has 96 valence electrons. The van der Waals surface area contributed by atoms with E-state index in [2.05, 4.69) is 21.1 Å². The summed E-state index contributed by atoms with van der Waals surface area (Å²) in [5, 5.41) is 3.67. The average Bonchev–Trinajstić information content (AvgIpc) is 2.75. The molecule has 0 aliphatic carbocycles. The first-order valence-corrected chi connectivity index (χ1v) is 6.01. The molecule has 0 atom stereocenters. The van der Waals surface area contributed by atoms with Crippen molar-refractivity contribution in [3.8, 4) is 22.8 Å². The van der Waals surface area contributed by atoms with Gasteiger partial charge in [-0.25, -0.2) is 0 Å². The van der Waals surface area contributed by atoms with Crippen LogP contribution in [-0.4, -0.2) is 19.4 Å². The molecule has 1 aromatic carbocycles. The van der Waals surface area contributed by atoms with E-state index in [9.17, 15) is 0 Å². The monoisotopic (exact) mass is 312 g/mol. The standard InChI is InChI=1S/C12H13BrN2O3/c1-6-4-7(16-2)10(11(13)12(6)17-3)8-5-9(14)15-18-8/h4-5H,1-3H3,(H2,14,15). The minimum atomic E-state index is 0.318. The molecule has 0 radical (unpaired) electrons. The summed E-state index contributed by atoms with van der Waals surface area (Å²) in [4.78, 5) is 0. The van der Waals surface area contributed by atoms with Crippen molar-refractivity contribution >= 4 is 21.7 Å². The summed E-state index contributed by atoms with van der Waals surface area (Å²) >= 11 is 3.50. The third-order valence-corrected chi connectivity index (χ3v) is 3.33. The zero-order valence-electron chi connectivity index (χ0n) is 10.3. The van der Waals surface area contributed by atoms with Crippen LogP contribution in [0.3, 0.4) is 0 Å². The molecule has 0 fully saturated rings. The van der Waals surface area contributed by atoms with Crippen LogP contribution in [0.25, 0.3) is 11.3 Å². The van der Waals surface area contributed by atoms with Crippen LogP contribution < -0.4 is 15.2 Å². The van der Waals surface area contributed by atoms with Gasteiger partial charge < -0.3 is 19.7 Å². The molecule has 1 heterocycles. The lowest BCUT2D eigenvalue weighted by Gasteiger charge is -2.14. The van der Waals surface area contributed by atoms with Crippen LogP contribution in [-0.2, 0) is 0 Å². The second-order valence-electron chi connectivity index (χ2n) is 3.73. The van der Waals surface area contributed by atoms with Crippen molar-refractivity contribution in [2.45, 2.75) is 6.92 Å². The summed E-state index contributed by atoms with van der Waals surface area (Å²) in [5.41, 5.74) is 7.25. The number of hydrogen-bond acceptors (Lipinski definition) is 5. The van der Waals surface area contributed by atoms with Crippen molar-refractivity contribution in [1.82, 2.24) is 5.16 Å². The number of nitrogens with two attached hydrogens (primary N) is 1. The minimum Gasteiger partial charge on any atom is -0.496 e. The molecule has 1 aromatic heterocycles. The van der Waals surface area contributed by atoms with Crippen LogP contribution in [0.4, 0.5) is 5.82 Å². The number of rotatable bonds is 3. The Bertz CT molecular complexity index is 581. The van der Waals surface area contributed by atoms with Crippen molar-refractivity contribution in [2.24, 2.45) is 0 Å². The summed E-state index contributed by atoms with van der Waals surface area (Å²) in [5.74, 6) is 2.23. The summed E-state index contributed by atoms with van der Waals surface area (Å²) in [6, 6.07) is 3.51. The predicted octanol–water partition coefficient (Wildman–Crippen LogP) is 3.01. The highest BCUT2D eigenvalue weighted by Gasteiger charge is 2.20. The van der Waals surface area contributed by atoms with Crippen LogP contribution in [0, 0.1) is 6.92 Å². The maximum atomic E-state index is 5.57. The van der Waals surface area contributed by atoms with Gasteiger partial charge in [-0.15, -0.1) is 0 Å². The second kappa shape index (κ2) is 4.89. The Balaban J connectivity index is 2.71. The Morgan fingerprint density at radius 3 is 2.50 bits per heavy atom. The molecule has 0 spiro atoms. The van der Waals surface area contributed by atoms with E-state index in [1.807, 2.05) is 13.0 Å². The van der Waals surface area contributed by atoms with Gasteiger partial charge in [-0.05, 0) is 34.5 Å². The minimum absolute atomic E-state index is 0.318. The van der Waals surface area contributed by atoms with E-state index in [4.69, 9.17) is 19.7 Å². The molecule has 6 heteroatoms. The van der Waals surface area contributed by atoms with Crippen LogP contribution in [0.5, 0.6) is 11.5 Å². The fourth-order valence-corrected chi connectivity index (χ4v) is 2.64. The van der Waals surface area contributed by atoms with Gasteiger partial charge in [0.2, 0.25) is 0 Å². The Morgan fingerprint density at radius 2 is 2.00 bits per heavy atom. The van der Waals surface area contributed by atoms with E-state index in [0.717, 1.165) is 21.3 Å². The normalized spacial score (nSPS) is 10.4. The van der Waals surface area contributed by atoms with Gasteiger partial charge in [0.15, 0.2) is 11.6 Å². The molecule has 0 aliphatic heterocycles. The highest BCUT2D eigenvalue weighted by Crippen LogP contribution is 2.44. The van der Waals surface area contributed by atoms with Gasteiger partial charge in [0.05, 0.1) is 24.3 Å². The molecule has 5 nitrogen and oxygen atoms in total. The van der Waals surface area contributed by atoms with Crippen molar-refractivity contribution in [3.05, 3.63) is 22.2 Å². The first-order chi connectivity index (χ1) is 8.58. The molecule has 2 N–H and O–H groups in total. The predicted molar refractivity (Wildman–Crippen MR) is 71.9 cm³/mol. The zero-order valence-corrected chi connectivity index (χ0v) is 11.9. The number of methoxy groups -OCH3 is 2. The van der Waals surface area contributed by atoms with Crippen LogP contribution in [0.1, 0.15) is 5.56 Å².